The number of nitrogens with one attached hydrogen (secondary N) is 1. The second kappa shape index (κ2) is 7.01. The van der Waals surface area contributed by atoms with Crippen molar-refractivity contribution in [1.82, 2.24) is 0 Å². The number of methoxy groups -OCH3 is 1. The summed E-state index contributed by atoms with van der Waals surface area (Å²) in [5, 5.41) is 2.82. The maximum absolute atomic E-state index is 11.3. The fraction of sp³-hybridized carbons (Fsp3) is 0.364. The molecule has 1 aromatic carbocycles. The number of para-hydroxylation sites is 1. The Morgan fingerprint density at radius 2 is 1.87 bits per heavy atom. The summed E-state index contributed by atoms with van der Waals surface area (Å²) in [5.41, 5.74) is 3.01. The van der Waals surface area contributed by atoms with Gasteiger partial charge in [0.25, 0.3) is 0 Å². The molecule has 1 N–H and O–H groups in total. The Bertz CT molecular complexity index is 319. The van der Waals surface area contributed by atoms with Crippen LogP contribution in [-0.4, -0.2) is 19.6 Å². The molecule has 0 fully saturated rings. The fourth-order valence-electron chi connectivity index (χ4n) is 1.32. The summed E-state index contributed by atoms with van der Waals surface area (Å²) < 4.78 is 4.74. The molecule has 1 rings (SSSR count). The zero-order chi connectivity index (χ0) is 10.6. The van der Waals surface area contributed by atoms with E-state index < -0.39 is 0 Å². The van der Waals surface area contributed by atoms with Gasteiger partial charge in [-0.15, -0.1) is 0 Å². The molecular formula is C11H15NNaO2+. The summed E-state index contributed by atoms with van der Waals surface area (Å²) in [4.78, 5) is 11.3. The van der Waals surface area contributed by atoms with Gasteiger partial charge in [0.1, 0.15) is 6.61 Å². The monoisotopic (exact) mass is 216 g/mol. The third-order valence-electron chi connectivity index (χ3n) is 2.02. The molecule has 0 spiro atoms. The molecular weight excluding hydrogens is 201 g/mol. The van der Waals surface area contributed by atoms with Crippen LogP contribution in [0.25, 0.3) is 0 Å². The topological polar surface area (TPSA) is 38.3 Å². The second-order valence-corrected chi connectivity index (χ2v) is 3.25. The van der Waals surface area contributed by atoms with E-state index in [1.165, 1.54) is 7.11 Å². The predicted molar refractivity (Wildman–Crippen MR) is 56.4 cm³/mol. The maximum Gasteiger partial charge on any atom is 1.00 e. The first-order valence-electron chi connectivity index (χ1n) is 4.50. The molecule has 4 heteroatoms. The molecule has 0 heterocycles. The zero-order valence-corrected chi connectivity index (χ0v) is 11.8. The first-order chi connectivity index (χ1) is 6.65. The van der Waals surface area contributed by atoms with Crippen molar-refractivity contribution in [2.75, 3.05) is 19.0 Å². The van der Waals surface area contributed by atoms with Crippen molar-refractivity contribution in [3.05, 3.63) is 29.3 Å². The van der Waals surface area contributed by atoms with Gasteiger partial charge in [0.15, 0.2) is 0 Å². The maximum atomic E-state index is 11.3. The summed E-state index contributed by atoms with van der Waals surface area (Å²) in [6, 6.07) is 5.90. The number of benzene rings is 1. The Kier molecular flexibility index (Phi) is 6.85. The standard InChI is InChI=1S/C11H15NO2.Na/c1-8-5-4-6-9(2)11(8)12-10(13)7-14-3;/h4-6H,7H2,1-3H3,(H,12,13);/q;+1. The SMILES string of the molecule is COCC(=O)Nc1c(C)cccc1C.[Na+]. The van der Waals surface area contributed by atoms with E-state index in [0.29, 0.717) is 0 Å². The van der Waals surface area contributed by atoms with Crippen LogP contribution in [0.1, 0.15) is 11.1 Å². The molecule has 0 bridgehead atoms. The number of carbonyl (C=O) groups excluding carboxylic acids is 1. The number of rotatable bonds is 3. The van der Waals surface area contributed by atoms with Crippen LogP contribution in [0.5, 0.6) is 0 Å². The van der Waals surface area contributed by atoms with Crippen LogP contribution < -0.4 is 34.9 Å². The summed E-state index contributed by atoms with van der Waals surface area (Å²) in [6.45, 7) is 4.03. The molecule has 1 aromatic rings. The average Bonchev–Trinajstić information content (AvgIpc) is 2.12. The van der Waals surface area contributed by atoms with E-state index in [0.717, 1.165) is 16.8 Å². The predicted octanol–water partition coefficient (Wildman–Crippen LogP) is -1.11. The molecule has 0 aliphatic rings. The molecule has 0 unspecified atom stereocenters. The zero-order valence-electron chi connectivity index (χ0n) is 9.76. The Labute approximate surface area is 112 Å². The van der Waals surface area contributed by atoms with Gasteiger partial charge in [0.05, 0.1) is 0 Å². The summed E-state index contributed by atoms with van der Waals surface area (Å²) in [7, 11) is 1.50. The average molecular weight is 216 g/mol. The van der Waals surface area contributed by atoms with Crippen LogP contribution in [0.3, 0.4) is 0 Å². The molecule has 0 aliphatic heterocycles. The van der Waals surface area contributed by atoms with E-state index >= 15 is 0 Å². The number of anilines is 1. The molecule has 3 nitrogen and oxygen atoms in total. The van der Waals surface area contributed by atoms with E-state index in [1.807, 2.05) is 32.0 Å². The number of ether oxygens (including phenoxy) is 1. The van der Waals surface area contributed by atoms with Crippen molar-refractivity contribution >= 4 is 11.6 Å². The Hall–Kier alpha value is -0.350. The Balaban J connectivity index is 0.00000196. The van der Waals surface area contributed by atoms with E-state index in [4.69, 9.17) is 4.74 Å². The van der Waals surface area contributed by atoms with Crippen molar-refractivity contribution in [1.29, 1.82) is 0 Å². The first kappa shape index (κ1) is 14.6. The normalized spacial score (nSPS) is 9.27. The minimum atomic E-state index is -0.120. The van der Waals surface area contributed by atoms with E-state index in [-0.39, 0.29) is 42.1 Å². The molecule has 0 saturated heterocycles. The van der Waals surface area contributed by atoms with Gasteiger partial charge in [-0.1, -0.05) is 18.2 Å². The van der Waals surface area contributed by atoms with Gasteiger partial charge in [-0.3, -0.25) is 4.79 Å². The Morgan fingerprint density at radius 1 is 1.33 bits per heavy atom. The van der Waals surface area contributed by atoms with Crippen LogP contribution in [0.4, 0.5) is 5.69 Å². The summed E-state index contributed by atoms with van der Waals surface area (Å²) in [5.74, 6) is -0.120. The van der Waals surface area contributed by atoms with Gasteiger partial charge < -0.3 is 10.1 Å². The molecule has 1 amide bonds. The molecule has 0 saturated carbocycles. The van der Waals surface area contributed by atoms with Gasteiger partial charge in [0.2, 0.25) is 5.91 Å². The van der Waals surface area contributed by atoms with Crippen LogP contribution in [0, 0.1) is 13.8 Å². The molecule has 0 aliphatic carbocycles. The molecule has 15 heavy (non-hydrogen) atoms. The number of hydrogen-bond acceptors (Lipinski definition) is 2. The van der Waals surface area contributed by atoms with Crippen LogP contribution >= 0.6 is 0 Å². The van der Waals surface area contributed by atoms with Crippen LogP contribution in [-0.2, 0) is 9.53 Å². The van der Waals surface area contributed by atoms with Crippen LogP contribution in [0.2, 0.25) is 0 Å². The number of hydrogen-bond donors (Lipinski definition) is 1. The number of amides is 1. The van der Waals surface area contributed by atoms with E-state index in [9.17, 15) is 4.79 Å². The number of carbonyl (C=O) groups is 1. The number of aryl methyl sites for hydroxylation is 2. The molecule has 76 valence electrons. The minimum absolute atomic E-state index is 0. The summed E-state index contributed by atoms with van der Waals surface area (Å²) >= 11 is 0. The quantitative estimate of drug-likeness (QED) is 0.651. The summed E-state index contributed by atoms with van der Waals surface area (Å²) in [6.07, 6.45) is 0. The Morgan fingerprint density at radius 3 is 2.33 bits per heavy atom. The van der Waals surface area contributed by atoms with Crippen molar-refractivity contribution in [3.63, 3.8) is 0 Å². The van der Waals surface area contributed by atoms with Gasteiger partial charge >= 0.3 is 29.6 Å². The van der Waals surface area contributed by atoms with E-state index in [1.54, 1.807) is 0 Å². The van der Waals surface area contributed by atoms with Gasteiger partial charge in [0, 0.05) is 12.8 Å². The van der Waals surface area contributed by atoms with Crippen molar-refractivity contribution in [3.8, 4) is 0 Å². The van der Waals surface area contributed by atoms with Gasteiger partial charge in [-0.25, -0.2) is 0 Å². The van der Waals surface area contributed by atoms with Crippen molar-refractivity contribution < 1.29 is 39.1 Å². The largest absolute Gasteiger partial charge is 1.00 e. The third kappa shape index (κ3) is 4.34. The first-order valence-corrected chi connectivity index (χ1v) is 4.50. The molecule has 0 atom stereocenters. The van der Waals surface area contributed by atoms with Crippen molar-refractivity contribution in [2.45, 2.75) is 13.8 Å². The van der Waals surface area contributed by atoms with E-state index in [2.05, 4.69) is 5.32 Å². The van der Waals surface area contributed by atoms with Crippen molar-refractivity contribution in [2.24, 2.45) is 0 Å². The van der Waals surface area contributed by atoms with Gasteiger partial charge in [-0.05, 0) is 25.0 Å². The molecule has 0 aromatic heterocycles. The minimum Gasteiger partial charge on any atom is -0.375 e. The fourth-order valence-corrected chi connectivity index (χ4v) is 1.32. The second-order valence-electron chi connectivity index (χ2n) is 3.25. The molecule has 0 radical (unpaired) electrons. The van der Waals surface area contributed by atoms with Crippen LogP contribution in [0.15, 0.2) is 18.2 Å². The smallest absolute Gasteiger partial charge is 0.375 e. The van der Waals surface area contributed by atoms with Gasteiger partial charge in [-0.2, -0.15) is 0 Å². The third-order valence-corrected chi connectivity index (χ3v) is 2.02.